The van der Waals surface area contributed by atoms with Crippen molar-refractivity contribution in [3.05, 3.63) is 63.3 Å². The summed E-state index contributed by atoms with van der Waals surface area (Å²) in [4.78, 5) is 26.9. The van der Waals surface area contributed by atoms with Crippen molar-refractivity contribution in [1.82, 2.24) is 9.55 Å². The first kappa shape index (κ1) is 15.0. The molecule has 0 unspecified atom stereocenters. The number of benzene rings is 1. The van der Waals surface area contributed by atoms with Gasteiger partial charge < -0.3 is 5.11 Å². The highest BCUT2D eigenvalue weighted by Crippen LogP contribution is 2.13. The maximum absolute atomic E-state index is 12.1. The van der Waals surface area contributed by atoms with Crippen molar-refractivity contribution in [3.63, 3.8) is 0 Å². The Hall–Kier alpha value is -2.43. The molecule has 0 aliphatic heterocycles. The van der Waals surface area contributed by atoms with Gasteiger partial charge in [0.15, 0.2) is 0 Å². The molecule has 1 N–H and O–H groups in total. The van der Waals surface area contributed by atoms with E-state index in [1.165, 1.54) is 0 Å². The lowest BCUT2D eigenvalue weighted by Crippen LogP contribution is -2.28. The Labute approximate surface area is 122 Å². The highest BCUT2D eigenvalue weighted by atomic mass is 16.4. The summed E-state index contributed by atoms with van der Waals surface area (Å²) < 4.78 is 1.60. The maximum atomic E-state index is 12.1. The molecule has 5 heteroatoms. The molecule has 0 amide bonds. The molecule has 0 saturated carbocycles. The number of carboxylic acids is 1. The van der Waals surface area contributed by atoms with E-state index in [0.717, 1.165) is 16.8 Å². The fraction of sp³-hybridized carbons (Fsp3) is 0.312. The second kappa shape index (κ2) is 6.35. The minimum atomic E-state index is -0.852. The molecule has 2 rings (SSSR count). The smallest absolute Gasteiger partial charge is 0.348 e. The van der Waals surface area contributed by atoms with Gasteiger partial charge in [-0.05, 0) is 31.4 Å². The van der Waals surface area contributed by atoms with E-state index < -0.39 is 5.97 Å². The van der Waals surface area contributed by atoms with Gasteiger partial charge in [-0.25, -0.2) is 4.79 Å². The van der Waals surface area contributed by atoms with Gasteiger partial charge in [-0.3, -0.25) is 9.36 Å². The van der Waals surface area contributed by atoms with Crippen molar-refractivity contribution >= 4 is 5.97 Å². The quantitative estimate of drug-likeness (QED) is 0.911. The Balaban J connectivity index is 2.39. The van der Waals surface area contributed by atoms with Gasteiger partial charge in [-0.1, -0.05) is 30.3 Å². The van der Waals surface area contributed by atoms with Crippen LogP contribution in [0.25, 0.3) is 0 Å². The Bertz CT molecular complexity index is 705. The first-order valence-electron chi connectivity index (χ1n) is 6.81. The van der Waals surface area contributed by atoms with Gasteiger partial charge in [-0.2, -0.15) is 4.98 Å². The zero-order valence-corrected chi connectivity index (χ0v) is 12.2. The molecule has 0 saturated heterocycles. The summed E-state index contributed by atoms with van der Waals surface area (Å²) in [7, 11) is 0. The van der Waals surface area contributed by atoms with Crippen LogP contribution in [0, 0.1) is 13.8 Å². The molecule has 0 aliphatic carbocycles. The lowest BCUT2D eigenvalue weighted by molar-refractivity contribution is -0.136. The standard InChI is InChI=1S/C16H18N2O3/c1-11-14(8-9-15(19)20)12(2)18(16(21)17-11)10-13-6-4-3-5-7-13/h3-7H,8-10H2,1-2H3,(H,19,20). The number of carbonyl (C=O) groups is 1. The van der Waals surface area contributed by atoms with Crippen LogP contribution in [0.2, 0.25) is 0 Å². The SMILES string of the molecule is Cc1nc(=O)n(Cc2ccccc2)c(C)c1CCC(=O)O. The third kappa shape index (κ3) is 3.56. The Morgan fingerprint density at radius 3 is 2.52 bits per heavy atom. The van der Waals surface area contributed by atoms with Crippen molar-refractivity contribution in [3.8, 4) is 0 Å². The monoisotopic (exact) mass is 286 g/mol. The Morgan fingerprint density at radius 1 is 1.24 bits per heavy atom. The molecule has 2 aromatic rings. The van der Waals surface area contributed by atoms with E-state index in [1.54, 1.807) is 11.5 Å². The molecule has 0 fully saturated rings. The Kier molecular flexibility index (Phi) is 4.52. The van der Waals surface area contributed by atoms with Crippen LogP contribution in [0.5, 0.6) is 0 Å². The number of hydrogen-bond acceptors (Lipinski definition) is 3. The van der Waals surface area contributed by atoms with Crippen LogP contribution in [-0.2, 0) is 17.8 Å². The first-order chi connectivity index (χ1) is 9.99. The molecule has 110 valence electrons. The van der Waals surface area contributed by atoms with Crippen LogP contribution in [0.3, 0.4) is 0 Å². The minimum absolute atomic E-state index is 0.0346. The van der Waals surface area contributed by atoms with E-state index in [9.17, 15) is 9.59 Å². The molecule has 1 heterocycles. The number of aromatic nitrogens is 2. The fourth-order valence-corrected chi connectivity index (χ4v) is 2.39. The van der Waals surface area contributed by atoms with Gasteiger partial charge in [0, 0.05) is 17.8 Å². The number of nitrogens with zero attached hydrogens (tertiary/aromatic N) is 2. The van der Waals surface area contributed by atoms with Gasteiger partial charge in [0.1, 0.15) is 0 Å². The molecule has 0 radical (unpaired) electrons. The highest BCUT2D eigenvalue weighted by molar-refractivity contribution is 5.67. The van der Waals surface area contributed by atoms with Crippen molar-refractivity contribution < 1.29 is 9.90 Å². The third-order valence-electron chi connectivity index (χ3n) is 3.54. The van der Waals surface area contributed by atoms with Crippen LogP contribution in [0.15, 0.2) is 35.1 Å². The van der Waals surface area contributed by atoms with Gasteiger partial charge in [-0.15, -0.1) is 0 Å². The number of hydrogen-bond donors (Lipinski definition) is 1. The normalized spacial score (nSPS) is 10.6. The van der Waals surface area contributed by atoms with Gasteiger partial charge in [0.2, 0.25) is 0 Å². The second-order valence-electron chi connectivity index (χ2n) is 5.01. The molecule has 0 aliphatic rings. The molecule has 1 aromatic heterocycles. The van der Waals surface area contributed by atoms with E-state index in [0.29, 0.717) is 18.7 Å². The van der Waals surface area contributed by atoms with Crippen molar-refractivity contribution in [2.24, 2.45) is 0 Å². The van der Waals surface area contributed by atoms with Crippen LogP contribution < -0.4 is 5.69 Å². The van der Waals surface area contributed by atoms with Gasteiger partial charge in [0.05, 0.1) is 6.54 Å². The van der Waals surface area contributed by atoms with Crippen LogP contribution in [-0.4, -0.2) is 20.6 Å². The topological polar surface area (TPSA) is 72.2 Å². The zero-order valence-electron chi connectivity index (χ0n) is 12.2. The van der Waals surface area contributed by atoms with E-state index in [-0.39, 0.29) is 12.1 Å². The summed E-state index contributed by atoms with van der Waals surface area (Å²) in [5.41, 5.74) is 2.96. The molecule has 1 aromatic carbocycles. The average molecular weight is 286 g/mol. The summed E-state index contributed by atoms with van der Waals surface area (Å²) in [5.74, 6) is -0.852. The largest absolute Gasteiger partial charge is 0.481 e. The molecule has 5 nitrogen and oxygen atoms in total. The summed E-state index contributed by atoms with van der Waals surface area (Å²) in [5, 5.41) is 8.83. The molecular formula is C16H18N2O3. The van der Waals surface area contributed by atoms with Crippen molar-refractivity contribution in [1.29, 1.82) is 0 Å². The third-order valence-corrected chi connectivity index (χ3v) is 3.54. The highest BCUT2D eigenvalue weighted by Gasteiger charge is 2.13. The second-order valence-corrected chi connectivity index (χ2v) is 5.01. The lowest BCUT2D eigenvalue weighted by Gasteiger charge is -2.15. The van der Waals surface area contributed by atoms with E-state index >= 15 is 0 Å². The predicted octanol–water partition coefficient (Wildman–Crippen LogP) is 1.93. The number of rotatable bonds is 5. The van der Waals surface area contributed by atoms with Crippen LogP contribution in [0.1, 0.15) is 28.9 Å². The van der Waals surface area contributed by atoms with Gasteiger partial charge in [0.25, 0.3) is 0 Å². The predicted molar refractivity (Wildman–Crippen MR) is 79.5 cm³/mol. The van der Waals surface area contributed by atoms with Crippen LogP contribution >= 0.6 is 0 Å². The molecule has 21 heavy (non-hydrogen) atoms. The lowest BCUT2D eigenvalue weighted by atomic mass is 10.1. The first-order valence-corrected chi connectivity index (χ1v) is 6.81. The number of aryl methyl sites for hydroxylation is 1. The maximum Gasteiger partial charge on any atom is 0.348 e. The number of carboxylic acid groups (broad SMARTS) is 1. The fourth-order valence-electron chi connectivity index (χ4n) is 2.39. The average Bonchev–Trinajstić information content (AvgIpc) is 2.44. The zero-order chi connectivity index (χ0) is 15.4. The summed E-state index contributed by atoms with van der Waals surface area (Å²) in [6.07, 6.45) is 0.419. The molecular weight excluding hydrogens is 268 g/mol. The van der Waals surface area contributed by atoms with E-state index in [1.807, 2.05) is 37.3 Å². The Morgan fingerprint density at radius 2 is 1.90 bits per heavy atom. The molecule has 0 atom stereocenters. The summed E-state index contributed by atoms with van der Waals surface area (Å²) >= 11 is 0. The van der Waals surface area contributed by atoms with E-state index in [4.69, 9.17) is 5.11 Å². The van der Waals surface area contributed by atoms with Crippen LogP contribution in [0.4, 0.5) is 0 Å². The summed E-state index contributed by atoms with van der Waals surface area (Å²) in [6, 6.07) is 9.65. The van der Waals surface area contributed by atoms with Gasteiger partial charge >= 0.3 is 11.7 Å². The minimum Gasteiger partial charge on any atom is -0.481 e. The molecule has 0 bridgehead atoms. The van der Waals surface area contributed by atoms with E-state index in [2.05, 4.69) is 4.98 Å². The summed E-state index contributed by atoms with van der Waals surface area (Å²) in [6.45, 7) is 4.04. The number of aliphatic carboxylic acids is 1. The van der Waals surface area contributed by atoms with Crippen molar-refractivity contribution in [2.45, 2.75) is 33.2 Å². The van der Waals surface area contributed by atoms with Crippen molar-refractivity contribution in [2.75, 3.05) is 0 Å². The molecule has 0 spiro atoms.